The molecule has 1 aromatic heterocycles. The minimum atomic E-state index is -1.20. The molecule has 1 atom stereocenters. The number of amides is 3. The zero-order valence-electron chi connectivity index (χ0n) is 21.2. The first kappa shape index (κ1) is 28.4. The van der Waals surface area contributed by atoms with Crippen LogP contribution in [0.25, 0.3) is 11.3 Å². The number of hydrogen-bond acceptors (Lipinski definition) is 7. The van der Waals surface area contributed by atoms with Gasteiger partial charge in [-0.05, 0) is 67.9 Å². The van der Waals surface area contributed by atoms with Gasteiger partial charge in [0.15, 0.2) is 0 Å². The number of carbonyl (C=O) groups is 3. The normalized spacial score (nSPS) is 14.4. The molecular formula is C27H26F3N5O5. The molecule has 4 N–H and O–H groups in total. The van der Waals surface area contributed by atoms with Gasteiger partial charge in [0, 0.05) is 11.1 Å². The summed E-state index contributed by atoms with van der Waals surface area (Å²) in [6.07, 6.45) is 0.779. The van der Waals surface area contributed by atoms with Crippen molar-refractivity contribution >= 4 is 29.6 Å². The van der Waals surface area contributed by atoms with Crippen LogP contribution < -0.4 is 21.3 Å². The lowest BCUT2D eigenvalue weighted by Crippen LogP contribution is -2.35. The second-order valence-corrected chi connectivity index (χ2v) is 8.75. The highest BCUT2D eigenvalue weighted by Gasteiger charge is 2.26. The fourth-order valence-corrected chi connectivity index (χ4v) is 4.10. The number of primary amides is 1. The van der Waals surface area contributed by atoms with E-state index in [1.54, 1.807) is 0 Å². The van der Waals surface area contributed by atoms with E-state index in [1.165, 1.54) is 36.4 Å². The van der Waals surface area contributed by atoms with Crippen LogP contribution in [0.5, 0.6) is 0 Å². The van der Waals surface area contributed by atoms with Crippen molar-refractivity contribution < 1.29 is 37.0 Å². The Bertz CT molecular complexity index is 1360. The number of benzene rings is 2. The average molecular weight is 558 g/mol. The monoisotopic (exact) mass is 557 g/mol. The van der Waals surface area contributed by atoms with Crippen molar-refractivity contribution in [1.29, 1.82) is 0 Å². The number of para-hydroxylation sites is 1. The molecule has 4 rings (SSSR count). The van der Waals surface area contributed by atoms with Crippen LogP contribution in [0.3, 0.4) is 0 Å². The molecule has 0 saturated carbocycles. The average Bonchev–Trinajstić information content (AvgIpc) is 3.48. The summed E-state index contributed by atoms with van der Waals surface area (Å²) >= 11 is 0. The predicted molar refractivity (Wildman–Crippen MR) is 138 cm³/mol. The molecule has 40 heavy (non-hydrogen) atoms. The minimum absolute atomic E-state index is 0.0150. The van der Waals surface area contributed by atoms with Gasteiger partial charge in [0.05, 0.1) is 12.2 Å². The molecule has 1 fully saturated rings. The third-order valence-corrected chi connectivity index (χ3v) is 6.01. The first-order valence-electron chi connectivity index (χ1n) is 12.3. The number of carbonyl (C=O) groups excluding carboxylic acids is 3. The molecule has 1 aliphatic heterocycles. The lowest BCUT2D eigenvalue weighted by molar-refractivity contribution is -0.145. The quantitative estimate of drug-likeness (QED) is 0.268. The summed E-state index contributed by atoms with van der Waals surface area (Å²) in [5.74, 6) is -3.21. The fourth-order valence-electron chi connectivity index (χ4n) is 4.10. The van der Waals surface area contributed by atoms with Gasteiger partial charge in [-0.1, -0.05) is 6.07 Å². The number of nitrogens with one attached hydrogen (secondary N) is 2. The maximum Gasteiger partial charge on any atom is 0.407 e. The van der Waals surface area contributed by atoms with Crippen LogP contribution in [0, 0.1) is 17.5 Å². The molecule has 10 nitrogen and oxygen atoms in total. The van der Waals surface area contributed by atoms with E-state index >= 15 is 0 Å². The molecule has 2 heterocycles. The van der Waals surface area contributed by atoms with E-state index in [9.17, 15) is 27.6 Å². The van der Waals surface area contributed by atoms with E-state index in [1.807, 2.05) is 0 Å². The Morgan fingerprint density at radius 1 is 1.02 bits per heavy atom. The number of aromatic nitrogens is 1. The number of rotatable bonds is 9. The van der Waals surface area contributed by atoms with Crippen LogP contribution in [-0.4, -0.2) is 48.8 Å². The van der Waals surface area contributed by atoms with Gasteiger partial charge in [0.2, 0.25) is 0 Å². The summed E-state index contributed by atoms with van der Waals surface area (Å²) in [4.78, 5) is 41.3. The Kier molecular flexibility index (Phi) is 9.17. The summed E-state index contributed by atoms with van der Waals surface area (Å²) in [7, 11) is 0. The predicted octanol–water partition coefficient (Wildman–Crippen LogP) is 3.90. The number of nitrogens with zero attached hydrogens (tertiary/aromatic N) is 2. The summed E-state index contributed by atoms with van der Waals surface area (Å²) in [5.41, 5.74) is 5.57. The van der Waals surface area contributed by atoms with Crippen molar-refractivity contribution in [3.05, 3.63) is 77.6 Å². The van der Waals surface area contributed by atoms with Gasteiger partial charge < -0.3 is 25.8 Å². The molecule has 1 aliphatic rings. The lowest BCUT2D eigenvalue weighted by Gasteiger charge is -2.22. The SMILES string of the molecule is NC(=O)N(c1ccc(COC(=O)NCCOC(=O)[C@@H]2CCCN2)c(-c2ccc(F)cc2)n1)c1c(F)cccc1F. The van der Waals surface area contributed by atoms with E-state index in [-0.39, 0.29) is 43.3 Å². The number of ether oxygens (including phenoxy) is 2. The molecule has 3 amide bonds. The molecule has 13 heteroatoms. The number of esters is 1. The minimum Gasteiger partial charge on any atom is -0.463 e. The Labute approximate surface area is 227 Å². The van der Waals surface area contributed by atoms with E-state index in [4.69, 9.17) is 15.2 Å². The molecule has 0 unspecified atom stereocenters. The first-order valence-corrected chi connectivity index (χ1v) is 12.3. The highest BCUT2D eigenvalue weighted by atomic mass is 19.1. The Morgan fingerprint density at radius 2 is 1.75 bits per heavy atom. The molecule has 0 aliphatic carbocycles. The van der Waals surface area contributed by atoms with Gasteiger partial charge >= 0.3 is 18.1 Å². The number of urea groups is 1. The van der Waals surface area contributed by atoms with Crippen molar-refractivity contribution in [2.45, 2.75) is 25.5 Å². The van der Waals surface area contributed by atoms with Gasteiger partial charge in [0.1, 0.15) is 48.2 Å². The Balaban J connectivity index is 1.49. The number of nitrogens with two attached hydrogens (primary N) is 1. The third-order valence-electron chi connectivity index (χ3n) is 6.01. The van der Waals surface area contributed by atoms with Crippen LogP contribution in [0.1, 0.15) is 18.4 Å². The molecule has 210 valence electrons. The van der Waals surface area contributed by atoms with Gasteiger partial charge in [-0.2, -0.15) is 0 Å². The van der Waals surface area contributed by atoms with Crippen molar-refractivity contribution in [3.63, 3.8) is 0 Å². The number of hydrogen-bond donors (Lipinski definition) is 3. The summed E-state index contributed by atoms with van der Waals surface area (Å²) in [5, 5.41) is 5.48. The van der Waals surface area contributed by atoms with E-state index in [2.05, 4.69) is 15.6 Å². The molecule has 3 aromatic rings. The van der Waals surface area contributed by atoms with E-state index in [0.717, 1.165) is 31.2 Å². The molecular weight excluding hydrogens is 531 g/mol. The van der Waals surface area contributed by atoms with Crippen LogP contribution in [0.4, 0.5) is 34.3 Å². The summed E-state index contributed by atoms with van der Waals surface area (Å²) < 4.78 is 53.0. The molecule has 0 radical (unpaired) electrons. The van der Waals surface area contributed by atoms with Crippen LogP contribution in [0.2, 0.25) is 0 Å². The zero-order valence-corrected chi connectivity index (χ0v) is 21.2. The third kappa shape index (κ3) is 6.86. The number of halogens is 3. The largest absolute Gasteiger partial charge is 0.463 e. The maximum absolute atomic E-state index is 14.5. The molecule has 2 aromatic carbocycles. The smallest absolute Gasteiger partial charge is 0.407 e. The molecule has 0 bridgehead atoms. The topological polar surface area (TPSA) is 136 Å². The van der Waals surface area contributed by atoms with Gasteiger partial charge in [-0.3, -0.25) is 4.79 Å². The number of anilines is 2. The zero-order chi connectivity index (χ0) is 28.6. The van der Waals surface area contributed by atoms with Crippen LogP contribution in [-0.2, 0) is 20.9 Å². The van der Waals surface area contributed by atoms with Crippen molar-refractivity contribution in [2.75, 3.05) is 24.6 Å². The van der Waals surface area contributed by atoms with Gasteiger partial charge in [-0.25, -0.2) is 32.6 Å². The highest BCUT2D eigenvalue weighted by molar-refractivity contribution is 5.98. The molecule has 0 spiro atoms. The van der Waals surface area contributed by atoms with Gasteiger partial charge in [0.25, 0.3) is 0 Å². The second kappa shape index (κ2) is 12.9. The number of pyridine rings is 1. The Morgan fingerprint density at radius 3 is 2.40 bits per heavy atom. The highest BCUT2D eigenvalue weighted by Crippen LogP contribution is 2.32. The fraction of sp³-hybridized carbons (Fsp3) is 0.259. The van der Waals surface area contributed by atoms with Crippen molar-refractivity contribution in [2.24, 2.45) is 5.73 Å². The standard InChI is InChI=1S/C27H26F3N5O5/c28-18-9-6-16(7-10-18)23-17(15-40-27(38)33-13-14-39-25(36)21-5-2-12-32-21)8-11-22(34-23)35(26(31)37)24-19(29)3-1-4-20(24)30/h1,3-4,6-11,21,32H,2,5,12-15H2,(H2,31,37)(H,33,38)/t21-/m0/s1. The van der Waals surface area contributed by atoms with E-state index < -0.39 is 35.3 Å². The maximum atomic E-state index is 14.5. The van der Waals surface area contributed by atoms with Gasteiger partial charge in [-0.15, -0.1) is 0 Å². The number of alkyl carbamates (subject to hydrolysis) is 1. The van der Waals surface area contributed by atoms with Crippen LogP contribution in [0.15, 0.2) is 54.6 Å². The summed E-state index contributed by atoms with van der Waals surface area (Å²) in [6.45, 7) is 0.419. The summed E-state index contributed by atoms with van der Waals surface area (Å²) in [6, 6.07) is 9.36. The first-order chi connectivity index (χ1) is 19.2. The second-order valence-electron chi connectivity index (χ2n) is 8.75. The van der Waals surface area contributed by atoms with Crippen LogP contribution >= 0.6 is 0 Å². The van der Waals surface area contributed by atoms with Crippen molar-refractivity contribution in [1.82, 2.24) is 15.6 Å². The lowest BCUT2D eigenvalue weighted by atomic mass is 10.1. The van der Waals surface area contributed by atoms with Crippen molar-refractivity contribution in [3.8, 4) is 11.3 Å². The Hall–Kier alpha value is -4.65. The van der Waals surface area contributed by atoms with E-state index in [0.29, 0.717) is 22.4 Å². The molecule has 1 saturated heterocycles.